The first kappa shape index (κ1) is 12.9. The summed E-state index contributed by atoms with van der Waals surface area (Å²) < 4.78 is 0. The summed E-state index contributed by atoms with van der Waals surface area (Å²) in [7, 11) is 1.53. The van der Waals surface area contributed by atoms with Crippen LogP contribution in [0.15, 0.2) is 0 Å². The molecule has 4 nitrogen and oxygen atoms in total. The van der Waals surface area contributed by atoms with E-state index in [-0.39, 0.29) is 5.91 Å². The third-order valence-corrected chi connectivity index (χ3v) is 2.33. The van der Waals surface area contributed by atoms with Gasteiger partial charge in [-0.15, -0.1) is 0 Å². The smallest absolute Gasteiger partial charge is 0.326 e. The molecule has 0 aliphatic heterocycles. The van der Waals surface area contributed by atoms with E-state index in [0.29, 0.717) is 6.42 Å². The van der Waals surface area contributed by atoms with E-state index in [9.17, 15) is 9.59 Å². The van der Waals surface area contributed by atoms with Gasteiger partial charge in [-0.1, -0.05) is 19.8 Å². The number of carbonyl (C=O) groups excluding carboxylic acids is 1. The predicted octanol–water partition coefficient (Wildman–Crippen LogP) is 1.50. The second-order valence-corrected chi connectivity index (χ2v) is 3.48. The Balaban J connectivity index is 3.92. The van der Waals surface area contributed by atoms with E-state index in [0.717, 1.165) is 19.3 Å². The van der Waals surface area contributed by atoms with Crippen molar-refractivity contribution in [2.24, 2.45) is 0 Å². The van der Waals surface area contributed by atoms with Gasteiger partial charge < -0.3 is 10.0 Å². The van der Waals surface area contributed by atoms with Gasteiger partial charge in [0.05, 0.1) is 0 Å². The molecule has 4 heteroatoms. The van der Waals surface area contributed by atoms with Crippen molar-refractivity contribution in [3.05, 3.63) is 0 Å². The van der Waals surface area contributed by atoms with E-state index in [2.05, 4.69) is 6.92 Å². The molecule has 0 aromatic rings. The maximum atomic E-state index is 11.4. The van der Waals surface area contributed by atoms with Crippen molar-refractivity contribution in [2.75, 3.05) is 7.05 Å². The normalized spacial score (nSPS) is 12.2. The first-order valence-electron chi connectivity index (χ1n) is 4.99. The van der Waals surface area contributed by atoms with Crippen LogP contribution < -0.4 is 0 Å². The number of aliphatic carboxylic acids is 1. The molecule has 0 aliphatic rings. The maximum absolute atomic E-state index is 11.4. The lowest BCUT2D eigenvalue weighted by molar-refractivity contribution is -0.148. The van der Waals surface area contributed by atoms with E-state index in [1.54, 1.807) is 0 Å². The number of nitrogens with zero attached hydrogens (tertiary/aromatic N) is 1. The largest absolute Gasteiger partial charge is 0.480 e. The molecule has 0 fully saturated rings. The fraction of sp³-hybridized carbons (Fsp3) is 0.800. The van der Waals surface area contributed by atoms with E-state index in [4.69, 9.17) is 5.11 Å². The Hall–Kier alpha value is -1.06. The second kappa shape index (κ2) is 6.40. The summed E-state index contributed by atoms with van der Waals surface area (Å²) >= 11 is 0. The van der Waals surface area contributed by atoms with E-state index in [1.165, 1.54) is 18.9 Å². The average molecular weight is 201 g/mol. The number of hydrogen-bond donors (Lipinski definition) is 1. The van der Waals surface area contributed by atoms with Crippen molar-refractivity contribution in [1.82, 2.24) is 4.90 Å². The average Bonchev–Trinajstić information content (AvgIpc) is 2.15. The topological polar surface area (TPSA) is 57.6 Å². The summed E-state index contributed by atoms with van der Waals surface area (Å²) in [4.78, 5) is 23.3. The molecule has 1 amide bonds. The highest BCUT2D eigenvalue weighted by Gasteiger charge is 2.20. The van der Waals surface area contributed by atoms with Gasteiger partial charge in [0.15, 0.2) is 0 Å². The molecule has 0 unspecified atom stereocenters. The molecule has 0 spiro atoms. The van der Waals surface area contributed by atoms with E-state index >= 15 is 0 Å². The minimum absolute atomic E-state index is 0.0895. The Morgan fingerprint density at radius 2 is 1.93 bits per heavy atom. The first-order valence-corrected chi connectivity index (χ1v) is 4.99. The number of carboxylic acids is 1. The highest BCUT2D eigenvalue weighted by atomic mass is 16.4. The van der Waals surface area contributed by atoms with Gasteiger partial charge in [-0.25, -0.2) is 4.79 Å². The number of hydrogen-bond acceptors (Lipinski definition) is 2. The minimum Gasteiger partial charge on any atom is -0.480 e. The zero-order chi connectivity index (χ0) is 11.1. The number of rotatable bonds is 6. The molecule has 0 aromatic carbocycles. The number of unbranched alkanes of at least 4 members (excludes halogenated alkanes) is 2. The molecule has 0 bridgehead atoms. The van der Waals surface area contributed by atoms with Crippen LogP contribution in [0.4, 0.5) is 0 Å². The highest BCUT2D eigenvalue weighted by Crippen LogP contribution is 2.04. The van der Waals surface area contributed by atoms with Crippen molar-refractivity contribution in [1.29, 1.82) is 0 Å². The van der Waals surface area contributed by atoms with Gasteiger partial charge in [0.1, 0.15) is 6.04 Å². The van der Waals surface area contributed by atoms with Crippen molar-refractivity contribution >= 4 is 11.9 Å². The molecule has 0 aliphatic carbocycles. The predicted molar refractivity (Wildman–Crippen MR) is 54.0 cm³/mol. The summed E-state index contributed by atoms with van der Waals surface area (Å²) in [5.41, 5.74) is 0. The van der Waals surface area contributed by atoms with Crippen molar-refractivity contribution < 1.29 is 14.7 Å². The molecule has 0 saturated carbocycles. The Morgan fingerprint density at radius 1 is 1.36 bits per heavy atom. The van der Waals surface area contributed by atoms with Crippen LogP contribution in [0.2, 0.25) is 0 Å². The van der Waals surface area contributed by atoms with Crippen molar-refractivity contribution in [3.8, 4) is 0 Å². The molecule has 14 heavy (non-hydrogen) atoms. The number of likely N-dealkylation sites (N-methyl/N-ethyl adjacent to an activating group) is 1. The molecule has 0 heterocycles. The van der Waals surface area contributed by atoms with Crippen LogP contribution in [0.1, 0.15) is 39.5 Å². The fourth-order valence-corrected chi connectivity index (χ4v) is 1.08. The Morgan fingerprint density at radius 3 is 2.36 bits per heavy atom. The van der Waals surface area contributed by atoms with Gasteiger partial charge in [-0.3, -0.25) is 4.79 Å². The Kier molecular flexibility index (Phi) is 5.92. The molecule has 1 atom stereocenters. The van der Waals surface area contributed by atoms with Crippen LogP contribution in [0.25, 0.3) is 0 Å². The van der Waals surface area contributed by atoms with Gasteiger partial charge in [-0.2, -0.15) is 0 Å². The zero-order valence-corrected chi connectivity index (χ0v) is 9.12. The zero-order valence-electron chi connectivity index (χ0n) is 9.12. The van der Waals surface area contributed by atoms with Crippen LogP contribution in [-0.2, 0) is 9.59 Å². The van der Waals surface area contributed by atoms with Gasteiger partial charge in [-0.05, 0) is 13.3 Å². The molecular weight excluding hydrogens is 182 g/mol. The van der Waals surface area contributed by atoms with Gasteiger partial charge >= 0.3 is 5.97 Å². The number of carbonyl (C=O) groups is 2. The maximum Gasteiger partial charge on any atom is 0.326 e. The van der Waals surface area contributed by atoms with Crippen LogP contribution in [0.5, 0.6) is 0 Å². The Labute approximate surface area is 84.9 Å². The van der Waals surface area contributed by atoms with Crippen LogP contribution in [-0.4, -0.2) is 35.0 Å². The second-order valence-electron chi connectivity index (χ2n) is 3.48. The number of carboxylic acid groups (broad SMARTS) is 1. The summed E-state index contributed by atoms with van der Waals surface area (Å²) in [6.07, 6.45) is 3.36. The summed E-state index contributed by atoms with van der Waals surface area (Å²) in [5.74, 6) is -1.05. The quantitative estimate of drug-likeness (QED) is 0.662. The lowest BCUT2D eigenvalue weighted by Gasteiger charge is -2.21. The highest BCUT2D eigenvalue weighted by molar-refractivity contribution is 5.83. The lowest BCUT2D eigenvalue weighted by atomic mass is 10.2. The number of amides is 1. The van der Waals surface area contributed by atoms with E-state index < -0.39 is 12.0 Å². The molecule has 0 saturated heterocycles. The van der Waals surface area contributed by atoms with Crippen LogP contribution in [0.3, 0.4) is 0 Å². The third-order valence-electron chi connectivity index (χ3n) is 2.33. The van der Waals surface area contributed by atoms with Crippen molar-refractivity contribution in [2.45, 2.75) is 45.6 Å². The summed E-state index contributed by atoms with van der Waals surface area (Å²) in [6.45, 7) is 3.58. The van der Waals surface area contributed by atoms with Crippen LogP contribution >= 0.6 is 0 Å². The fourth-order valence-electron chi connectivity index (χ4n) is 1.08. The molecule has 1 N–H and O–H groups in total. The summed E-state index contributed by atoms with van der Waals surface area (Å²) in [6, 6.07) is -0.732. The van der Waals surface area contributed by atoms with E-state index in [1.807, 2.05) is 0 Å². The molecular formula is C10H19NO3. The van der Waals surface area contributed by atoms with Gasteiger partial charge in [0.2, 0.25) is 5.91 Å². The van der Waals surface area contributed by atoms with Gasteiger partial charge in [0.25, 0.3) is 0 Å². The molecule has 0 rings (SSSR count). The molecule has 0 radical (unpaired) electrons. The SMILES string of the molecule is CCCCCC(=O)N(C)[C@@H](C)C(=O)O. The monoisotopic (exact) mass is 201 g/mol. The third kappa shape index (κ3) is 4.25. The molecule has 0 aromatic heterocycles. The molecule has 82 valence electrons. The minimum atomic E-state index is -0.962. The van der Waals surface area contributed by atoms with Gasteiger partial charge in [0, 0.05) is 13.5 Å². The van der Waals surface area contributed by atoms with Crippen LogP contribution in [0, 0.1) is 0 Å². The van der Waals surface area contributed by atoms with Crippen molar-refractivity contribution in [3.63, 3.8) is 0 Å². The Bertz CT molecular complexity index is 204. The standard InChI is InChI=1S/C10H19NO3/c1-4-5-6-7-9(12)11(3)8(2)10(13)14/h8H,4-7H2,1-3H3,(H,13,14)/t8-/m0/s1. The first-order chi connectivity index (χ1) is 6.50. The lowest BCUT2D eigenvalue weighted by Crippen LogP contribution is -2.40. The summed E-state index contributed by atoms with van der Waals surface area (Å²) in [5, 5.41) is 8.68.